The van der Waals surface area contributed by atoms with E-state index in [1.54, 1.807) is 0 Å². The minimum absolute atomic E-state index is 0. The molecule has 0 aliphatic heterocycles. The van der Waals surface area contributed by atoms with Crippen molar-refractivity contribution in [3.8, 4) is 0 Å². The number of nitrogens with zero attached hydrogens (tertiary/aromatic N) is 1. The number of aromatic nitrogens is 1. The van der Waals surface area contributed by atoms with Gasteiger partial charge in [-0.2, -0.15) is 18.2 Å². The Balaban J connectivity index is 0.000000372. The Morgan fingerprint density at radius 1 is 0.870 bits per heavy atom. The minimum atomic E-state index is 0. The summed E-state index contributed by atoms with van der Waals surface area (Å²) in [6.45, 7) is 2.12. The number of benzene rings is 2. The third kappa shape index (κ3) is 5.61. The zero-order valence-electron chi connectivity index (χ0n) is 12.6. The van der Waals surface area contributed by atoms with Crippen LogP contribution in [0.2, 0.25) is 0 Å². The monoisotopic (exact) mass is 381 g/mol. The van der Waals surface area contributed by atoms with Crippen molar-refractivity contribution in [1.29, 1.82) is 0 Å². The average molecular weight is 382 g/mol. The molecule has 0 saturated carbocycles. The summed E-state index contributed by atoms with van der Waals surface area (Å²) in [5, 5.41) is 3.86. The Kier molecular flexibility index (Phi) is 9.72. The number of fused-ring (bicyclic) bond motifs is 2. The topological polar surface area (TPSA) is 12.9 Å². The van der Waals surface area contributed by atoms with Crippen LogP contribution in [0.1, 0.15) is 5.56 Å². The van der Waals surface area contributed by atoms with Gasteiger partial charge < -0.3 is 4.98 Å². The Bertz CT molecular complexity index is 744. The molecule has 0 aliphatic rings. The molecule has 0 atom stereocenters. The Morgan fingerprint density at radius 3 is 2.22 bits per heavy atom. The van der Waals surface area contributed by atoms with E-state index in [9.17, 15) is 0 Å². The molecule has 4 aromatic rings. The molecule has 0 aliphatic carbocycles. The maximum atomic E-state index is 4.06. The van der Waals surface area contributed by atoms with E-state index in [4.69, 9.17) is 0 Å². The van der Waals surface area contributed by atoms with Gasteiger partial charge in [0, 0.05) is 0 Å². The SMILES string of the molecule is Cc1cc2ccccc2[cH-]1.Cl.Cl.[Cr+2].[c-]1ccc2ccccc2n1. The first-order valence-corrected chi connectivity index (χ1v) is 6.67. The van der Waals surface area contributed by atoms with Gasteiger partial charge in [-0.15, -0.1) is 70.8 Å². The van der Waals surface area contributed by atoms with Gasteiger partial charge in [-0.1, -0.05) is 43.5 Å². The number of hydrogen-bond acceptors (Lipinski definition) is 1. The van der Waals surface area contributed by atoms with Crippen LogP contribution in [-0.4, -0.2) is 4.98 Å². The largest absolute Gasteiger partial charge is 2.00 e. The molecule has 0 fully saturated rings. The first-order chi connectivity index (χ1) is 9.83. The van der Waals surface area contributed by atoms with Crippen molar-refractivity contribution in [2.45, 2.75) is 6.92 Å². The number of para-hydroxylation sites is 1. The molecule has 0 bridgehead atoms. The van der Waals surface area contributed by atoms with Crippen molar-refractivity contribution in [1.82, 2.24) is 4.98 Å². The van der Waals surface area contributed by atoms with Gasteiger partial charge in [0.1, 0.15) is 0 Å². The van der Waals surface area contributed by atoms with Gasteiger partial charge in [0.15, 0.2) is 0 Å². The first-order valence-electron chi connectivity index (χ1n) is 6.67. The molecule has 4 heteroatoms. The van der Waals surface area contributed by atoms with Gasteiger partial charge in [-0.25, -0.2) is 0 Å². The molecule has 1 heterocycles. The van der Waals surface area contributed by atoms with Crippen LogP contribution >= 0.6 is 24.8 Å². The van der Waals surface area contributed by atoms with E-state index < -0.39 is 0 Å². The predicted octanol–water partition coefficient (Wildman–Crippen LogP) is 5.74. The van der Waals surface area contributed by atoms with E-state index in [0.717, 1.165) is 5.52 Å². The molecule has 0 radical (unpaired) electrons. The summed E-state index contributed by atoms with van der Waals surface area (Å²) in [6.07, 6.45) is 2.79. The zero-order chi connectivity index (χ0) is 13.8. The molecule has 118 valence electrons. The van der Waals surface area contributed by atoms with Crippen molar-refractivity contribution in [2.24, 2.45) is 0 Å². The van der Waals surface area contributed by atoms with Crippen molar-refractivity contribution >= 4 is 46.5 Å². The molecule has 1 nitrogen and oxygen atoms in total. The standard InChI is InChI=1S/C10H9.C9H6N.2ClH.Cr/c1-8-6-9-4-2-3-5-10(9)7-8;1-2-6-9-8(4-1)5-3-7-10-9;;;/h2-7H,1H3;1-6H;2*1H;/q2*-1;;;+2. The van der Waals surface area contributed by atoms with Crippen LogP contribution < -0.4 is 0 Å². The second kappa shape index (κ2) is 10.4. The van der Waals surface area contributed by atoms with Gasteiger partial charge in [0.2, 0.25) is 0 Å². The van der Waals surface area contributed by atoms with E-state index in [-0.39, 0.29) is 42.2 Å². The number of aryl methyl sites for hydroxylation is 1. The van der Waals surface area contributed by atoms with Crippen LogP contribution in [0.25, 0.3) is 21.7 Å². The summed E-state index contributed by atoms with van der Waals surface area (Å²) in [4.78, 5) is 4.06. The van der Waals surface area contributed by atoms with Gasteiger partial charge >= 0.3 is 17.4 Å². The second-order valence-corrected chi connectivity index (χ2v) is 4.79. The maximum Gasteiger partial charge on any atom is 2.00 e. The fourth-order valence-corrected chi connectivity index (χ4v) is 2.27. The average Bonchev–Trinajstić information content (AvgIpc) is 2.88. The number of hydrogen-bond donors (Lipinski definition) is 0. The van der Waals surface area contributed by atoms with E-state index in [0.29, 0.717) is 0 Å². The summed E-state index contributed by atoms with van der Waals surface area (Å²) in [5.41, 5.74) is 2.35. The summed E-state index contributed by atoms with van der Waals surface area (Å²) in [7, 11) is 0. The number of halogens is 2. The van der Waals surface area contributed by atoms with Crippen LogP contribution in [0.4, 0.5) is 0 Å². The molecule has 0 N–H and O–H groups in total. The molecular weight excluding hydrogens is 365 g/mol. The first kappa shape index (κ1) is 21.6. The molecule has 0 unspecified atom stereocenters. The molecule has 3 aromatic carbocycles. The molecule has 0 amide bonds. The molecule has 23 heavy (non-hydrogen) atoms. The molecule has 4 rings (SSSR count). The third-order valence-electron chi connectivity index (χ3n) is 3.22. The van der Waals surface area contributed by atoms with E-state index in [2.05, 4.69) is 54.5 Å². The summed E-state index contributed by atoms with van der Waals surface area (Å²) < 4.78 is 0. The normalized spacial score (nSPS) is 8.91. The summed E-state index contributed by atoms with van der Waals surface area (Å²) >= 11 is 0. The smallest absolute Gasteiger partial charge is 0.386 e. The maximum absolute atomic E-state index is 4.06. The quantitative estimate of drug-likeness (QED) is 0.353. The molecule has 0 spiro atoms. The van der Waals surface area contributed by atoms with Gasteiger partial charge in [-0.05, 0) is 5.52 Å². The van der Waals surface area contributed by atoms with Crippen molar-refractivity contribution in [3.63, 3.8) is 0 Å². The molecule has 0 saturated heterocycles. The van der Waals surface area contributed by atoms with Crippen LogP contribution in [0.5, 0.6) is 0 Å². The van der Waals surface area contributed by atoms with E-state index >= 15 is 0 Å². The van der Waals surface area contributed by atoms with Crippen LogP contribution in [-0.2, 0) is 17.4 Å². The fraction of sp³-hybridized carbons (Fsp3) is 0.0526. The Hall–Kier alpha value is -1.43. The predicted molar refractivity (Wildman–Crippen MR) is 99.4 cm³/mol. The van der Waals surface area contributed by atoms with Gasteiger partial charge in [0.25, 0.3) is 0 Å². The van der Waals surface area contributed by atoms with Crippen LogP contribution in [0.3, 0.4) is 0 Å². The summed E-state index contributed by atoms with van der Waals surface area (Å²) in [6, 6.07) is 24.7. The van der Waals surface area contributed by atoms with E-state index in [1.165, 1.54) is 21.7 Å². The Morgan fingerprint density at radius 2 is 1.52 bits per heavy atom. The number of rotatable bonds is 0. The second-order valence-electron chi connectivity index (χ2n) is 4.79. The summed E-state index contributed by atoms with van der Waals surface area (Å²) in [5.74, 6) is 0. The Labute approximate surface area is 160 Å². The van der Waals surface area contributed by atoms with E-state index in [1.807, 2.05) is 36.4 Å². The zero-order valence-corrected chi connectivity index (χ0v) is 15.5. The van der Waals surface area contributed by atoms with Crippen LogP contribution in [0, 0.1) is 13.1 Å². The van der Waals surface area contributed by atoms with Gasteiger partial charge in [0.05, 0.1) is 0 Å². The van der Waals surface area contributed by atoms with Crippen LogP contribution in [0.15, 0.2) is 72.8 Å². The number of pyridine rings is 1. The van der Waals surface area contributed by atoms with Crippen molar-refractivity contribution < 1.29 is 17.4 Å². The van der Waals surface area contributed by atoms with Crippen molar-refractivity contribution in [3.05, 3.63) is 84.6 Å². The van der Waals surface area contributed by atoms with Gasteiger partial charge in [-0.3, -0.25) is 0 Å². The molecule has 1 aromatic heterocycles. The minimum Gasteiger partial charge on any atom is -0.386 e. The third-order valence-corrected chi connectivity index (χ3v) is 3.22. The molecular formula is C19H17Cl2CrN. The van der Waals surface area contributed by atoms with Crippen molar-refractivity contribution in [2.75, 3.05) is 0 Å². The fourth-order valence-electron chi connectivity index (χ4n) is 2.27.